The Kier molecular flexibility index (Phi) is 4.93. The summed E-state index contributed by atoms with van der Waals surface area (Å²) >= 11 is 0. The maximum atomic E-state index is 4.40. The van der Waals surface area contributed by atoms with Crippen molar-refractivity contribution in [2.75, 3.05) is 6.54 Å². The topological polar surface area (TPSA) is 50.5 Å². The van der Waals surface area contributed by atoms with Gasteiger partial charge in [-0.2, -0.15) is 0 Å². The van der Waals surface area contributed by atoms with Crippen LogP contribution in [0.3, 0.4) is 0 Å². The summed E-state index contributed by atoms with van der Waals surface area (Å²) in [7, 11) is 0. The fourth-order valence-corrected chi connectivity index (χ4v) is 1.45. The van der Waals surface area contributed by atoms with E-state index in [9.17, 15) is 0 Å². The van der Waals surface area contributed by atoms with Gasteiger partial charge in [-0.3, -0.25) is 20.0 Å². The minimum absolute atomic E-state index is 0.127. The van der Waals surface area contributed by atoms with Crippen molar-refractivity contribution in [1.82, 2.24) is 9.97 Å². The molecular formula is C15H16N4. The Morgan fingerprint density at radius 3 is 2.21 bits per heavy atom. The number of nitrogens with zero attached hydrogens (tertiary/aromatic N) is 4. The summed E-state index contributed by atoms with van der Waals surface area (Å²) in [5.41, 5.74) is 1.73. The van der Waals surface area contributed by atoms with Crippen LogP contribution < -0.4 is 0 Å². The second kappa shape index (κ2) is 7.16. The first kappa shape index (κ1) is 13.1. The standard InChI is InChI=1S/C15H16N4/c1-13(19-12-15-7-3-5-9-18-15)10-16-11-14-6-2-4-8-17-14/h2-9,11-13H,10H2,1H3. The number of aromatic nitrogens is 2. The maximum Gasteiger partial charge on any atom is 0.0807 e. The molecule has 0 radical (unpaired) electrons. The quantitative estimate of drug-likeness (QED) is 0.767. The number of hydrogen-bond donors (Lipinski definition) is 0. The van der Waals surface area contributed by atoms with Crippen LogP contribution in [0, 0.1) is 0 Å². The van der Waals surface area contributed by atoms with Gasteiger partial charge in [0.2, 0.25) is 0 Å². The molecule has 0 N–H and O–H groups in total. The zero-order chi connectivity index (χ0) is 13.3. The summed E-state index contributed by atoms with van der Waals surface area (Å²) in [6.07, 6.45) is 7.06. The van der Waals surface area contributed by atoms with Crippen LogP contribution in [0.1, 0.15) is 18.3 Å². The number of hydrogen-bond acceptors (Lipinski definition) is 4. The molecule has 1 atom stereocenters. The van der Waals surface area contributed by atoms with Crippen molar-refractivity contribution >= 4 is 12.4 Å². The van der Waals surface area contributed by atoms with Crippen molar-refractivity contribution in [2.45, 2.75) is 13.0 Å². The van der Waals surface area contributed by atoms with E-state index in [0.29, 0.717) is 6.54 Å². The molecule has 2 aromatic heterocycles. The summed E-state index contributed by atoms with van der Waals surface area (Å²) in [6, 6.07) is 11.6. The third-order valence-electron chi connectivity index (χ3n) is 2.43. The molecule has 4 heteroatoms. The number of aliphatic imine (C=N–C) groups is 2. The van der Waals surface area contributed by atoms with Crippen molar-refractivity contribution < 1.29 is 0 Å². The minimum Gasteiger partial charge on any atom is -0.289 e. The molecule has 1 unspecified atom stereocenters. The first-order chi connectivity index (χ1) is 9.34. The molecule has 0 saturated heterocycles. The van der Waals surface area contributed by atoms with Crippen molar-refractivity contribution in [3.63, 3.8) is 0 Å². The fraction of sp³-hybridized carbons (Fsp3) is 0.200. The van der Waals surface area contributed by atoms with Crippen LogP contribution >= 0.6 is 0 Å². The summed E-state index contributed by atoms with van der Waals surface area (Å²) in [5.74, 6) is 0. The monoisotopic (exact) mass is 252 g/mol. The van der Waals surface area contributed by atoms with Gasteiger partial charge in [-0.05, 0) is 31.2 Å². The van der Waals surface area contributed by atoms with E-state index in [0.717, 1.165) is 11.4 Å². The second-order valence-corrected chi connectivity index (χ2v) is 4.13. The van der Waals surface area contributed by atoms with E-state index in [1.54, 1.807) is 24.8 Å². The van der Waals surface area contributed by atoms with Crippen LogP contribution in [0.25, 0.3) is 0 Å². The highest BCUT2D eigenvalue weighted by atomic mass is 14.9. The molecule has 0 bridgehead atoms. The molecule has 0 aliphatic heterocycles. The van der Waals surface area contributed by atoms with Crippen molar-refractivity contribution in [3.05, 3.63) is 60.2 Å². The normalized spacial score (nSPS) is 13.1. The van der Waals surface area contributed by atoms with Gasteiger partial charge in [-0.15, -0.1) is 0 Å². The molecule has 2 rings (SSSR count). The Morgan fingerprint density at radius 2 is 1.63 bits per heavy atom. The molecule has 19 heavy (non-hydrogen) atoms. The molecule has 96 valence electrons. The predicted molar refractivity (Wildman–Crippen MR) is 78.0 cm³/mol. The van der Waals surface area contributed by atoms with E-state index in [-0.39, 0.29) is 6.04 Å². The molecule has 0 spiro atoms. The molecule has 2 aromatic rings. The summed E-state index contributed by atoms with van der Waals surface area (Å²) in [6.45, 7) is 2.66. The van der Waals surface area contributed by atoms with Gasteiger partial charge in [0.1, 0.15) is 0 Å². The van der Waals surface area contributed by atoms with E-state index >= 15 is 0 Å². The third kappa shape index (κ3) is 4.79. The van der Waals surface area contributed by atoms with E-state index in [1.807, 2.05) is 43.3 Å². The maximum absolute atomic E-state index is 4.40. The molecular weight excluding hydrogens is 236 g/mol. The fourth-order valence-electron chi connectivity index (χ4n) is 1.45. The van der Waals surface area contributed by atoms with Gasteiger partial charge in [0.25, 0.3) is 0 Å². The summed E-state index contributed by atoms with van der Waals surface area (Å²) in [4.78, 5) is 17.1. The van der Waals surface area contributed by atoms with Crippen LogP contribution in [0.4, 0.5) is 0 Å². The number of pyridine rings is 2. The Morgan fingerprint density at radius 1 is 1.00 bits per heavy atom. The highest BCUT2D eigenvalue weighted by molar-refractivity contribution is 5.77. The smallest absolute Gasteiger partial charge is 0.0807 e. The van der Waals surface area contributed by atoms with Gasteiger partial charge in [0.05, 0.1) is 24.0 Å². The average Bonchev–Trinajstić information content (AvgIpc) is 2.47. The third-order valence-corrected chi connectivity index (χ3v) is 2.43. The highest BCUT2D eigenvalue weighted by Crippen LogP contribution is 1.95. The highest BCUT2D eigenvalue weighted by Gasteiger charge is 1.95. The molecule has 0 saturated carbocycles. The Labute approximate surface area is 113 Å². The van der Waals surface area contributed by atoms with Crippen LogP contribution in [-0.2, 0) is 0 Å². The Balaban J connectivity index is 1.83. The van der Waals surface area contributed by atoms with Crippen LogP contribution in [0.15, 0.2) is 58.8 Å². The molecule has 0 fully saturated rings. The number of rotatable bonds is 5. The lowest BCUT2D eigenvalue weighted by Crippen LogP contribution is -2.04. The van der Waals surface area contributed by atoms with Crippen molar-refractivity contribution in [1.29, 1.82) is 0 Å². The van der Waals surface area contributed by atoms with Gasteiger partial charge in [0, 0.05) is 24.8 Å². The lowest BCUT2D eigenvalue weighted by Gasteiger charge is -2.00. The minimum atomic E-state index is 0.127. The lowest BCUT2D eigenvalue weighted by atomic mass is 10.3. The average molecular weight is 252 g/mol. The molecule has 0 aliphatic carbocycles. The summed E-state index contributed by atoms with van der Waals surface area (Å²) < 4.78 is 0. The van der Waals surface area contributed by atoms with Gasteiger partial charge >= 0.3 is 0 Å². The zero-order valence-electron chi connectivity index (χ0n) is 10.8. The van der Waals surface area contributed by atoms with Crippen molar-refractivity contribution in [3.8, 4) is 0 Å². The van der Waals surface area contributed by atoms with Crippen LogP contribution in [0.5, 0.6) is 0 Å². The predicted octanol–water partition coefficient (Wildman–Crippen LogP) is 2.40. The van der Waals surface area contributed by atoms with Gasteiger partial charge in [-0.1, -0.05) is 12.1 Å². The Bertz CT molecular complexity index is 535. The lowest BCUT2D eigenvalue weighted by molar-refractivity contribution is 0.761. The van der Waals surface area contributed by atoms with Gasteiger partial charge in [0.15, 0.2) is 0 Å². The van der Waals surface area contributed by atoms with E-state index in [1.165, 1.54) is 0 Å². The molecule has 0 amide bonds. The van der Waals surface area contributed by atoms with E-state index in [2.05, 4.69) is 20.0 Å². The largest absolute Gasteiger partial charge is 0.289 e. The van der Waals surface area contributed by atoms with Crippen molar-refractivity contribution in [2.24, 2.45) is 9.98 Å². The van der Waals surface area contributed by atoms with Gasteiger partial charge < -0.3 is 0 Å². The molecule has 0 aliphatic rings. The first-order valence-electron chi connectivity index (χ1n) is 6.19. The molecule has 4 nitrogen and oxygen atoms in total. The molecule has 0 aromatic carbocycles. The van der Waals surface area contributed by atoms with Crippen LogP contribution in [-0.4, -0.2) is 35.0 Å². The molecule has 2 heterocycles. The Hall–Kier alpha value is -2.36. The second-order valence-electron chi connectivity index (χ2n) is 4.13. The first-order valence-corrected chi connectivity index (χ1v) is 6.19. The SMILES string of the molecule is CC(CN=Cc1ccccn1)N=Cc1ccccn1. The van der Waals surface area contributed by atoms with Gasteiger partial charge in [-0.25, -0.2) is 0 Å². The van der Waals surface area contributed by atoms with E-state index < -0.39 is 0 Å². The van der Waals surface area contributed by atoms with Crippen LogP contribution in [0.2, 0.25) is 0 Å². The zero-order valence-corrected chi connectivity index (χ0v) is 10.8. The summed E-state index contributed by atoms with van der Waals surface area (Å²) in [5, 5.41) is 0. The van der Waals surface area contributed by atoms with E-state index in [4.69, 9.17) is 0 Å².